The Balaban J connectivity index is 1.32. The standard InChI is InChI=1S/C20H19ClFN5O3S2/c21-14-2-1-3-17(12-14)32(29,30)27-10-8-26(9-11-27)13-18-24-25-20(31-18)19(28)23-16-6-4-15(22)5-7-16/h1-7,12H,8-11,13H2,(H,23,28). The van der Waals surface area contributed by atoms with Gasteiger partial charge in [0.25, 0.3) is 5.91 Å². The molecule has 0 aliphatic carbocycles. The fraction of sp³-hybridized carbons (Fsp3) is 0.250. The lowest BCUT2D eigenvalue weighted by atomic mass is 10.3. The van der Waals surface area contributed by atoms with E-state index < -0.39 is 15.9 Å². The van der Waals surface area contributed by atoms with Crippen LogP contribution in [0.15, 0.2) is 53.4 Å². The number of benzene rings is 2. The van der Waals surface area contributed by atoms with Crippen molar-refractivity contribution in [2.45, 2.75) is 11.4 Å². The van der Waals surface area contributed by atoms with Crippen molar-refractivity contribution in [3.63, 3.8) is 0 Å². The van der Waals surface area contributed by atoms with Crippen molar-refractivity contribution in [2.24, 2.45) is 0 Å². The van der Waals surface area contributed by atoms with Crippen molar-refractivity contribution in [2.75, 3.05) is 31.5 Å². The van der Waals surface area contributed by atoms with Crippen molar-refractivity contribution in [3.05, 3.63) is 69.4 Å². The average molecular weight is 496 g/mol. The second-order valence-corrected chi connectivity index (χ2v) is 10.5. The van der Waals surface area contributed by atoms with E-state index in [0.717, 1.165) is 0 Å². The molecule has 2 heterocycles. The number of nitrogens with one attached hydrogen (secondary N) is 1. The third-order valence-corrected chi connectivity index (χ3v) is 7.92. The van der Waals surface area contributed by atoms with Crippen molar-refractivity contribution >= 4 is 44.6 Å². The topological polar surface area (TPSA) is 95.5 Å². The molecule has 0 bridgehead atoms. The smallest absolute Gasteiger partial charge is 0.286 e. The number of rotatable bonds is 6. The molecule has 0 atom stereocenters. The molecule has 12 heteroatoms. The summed E-state index contributed by atoms with van der Waals surface area (Å²) in [5, 5.41) is 11.9. The second kappa shape index (κ2) is 9.59. The molecule has 3 aromatic rings. The molecule has 1 aliphatic rings. The van der Waals surface area contributed by atoms with Crippen LogP contribution in [0.2, 0.25) is 5.02 Å². The molecule has 1 N–H and O–H groups in total. The first-order chi connectivity index (χ1) is 15.3. The molecule has 0 spiro atoms. The Morgan fingerprint density at radius 2 is 1.81 bits per heavy atom. The molecule has 8 nitrogen and oxygen atoms in total. The van der Waals surface area contributed by atoms with Crippen LogP contribution in [0.4, 0.5) is 10.1 Å². The first-order valence-corrected chi connectivity index (χ1v) is 12.3. The third-order valence-electron chi connectivity index (χ3n) is 4.89. The molecular weight excluding hydrogens is 477 g/mol. The highest BCUT2D eigenvalue weighted by molar-refractivity contribution is 7.89. The van der Waals surface area contributed by atoms with Gasteiger partial charge in [0.05, 0.1) is 11.4 Å². The summed E-state index contributed by atoms with van der Waals surface area (Å²) in [5.74, 6) is -0.806. The zero-order valence-electron chi connectivity index (χ0n) is 16.7. The Labute approximate surface area is 193 Å². The molecule has 2 aromatic carbocycles. The number of carbonyl (C=O) groups excluding carboxylic acids is 1. The molecule has 0 radical (unpaired) electrons. The Kier molecular flexibility index (Phi) is 6.82. The van der Waals surface area contributed by atoms with Crippen LogP contribution in [0, 0.1) is 5.82 Å². The van der Waals surface area contributed by atoms with Crippen molar-refractivity contribution in [1.29, 1.82) is 0 Å². The summed E-state index contributed by atoms with van der Waals surface area (Å²) < 4.78 is 40.1. The number of hydrogen-bond donors (Lipinski definition) is 1. The number of aromatic nitrogens is 2. The highest BCUT2D eigenvalue weighted by Crippen LogP contribution is 2.22. The molecule has 0 unspecified atom stereocenters. The predicted octanol–water partition coefficient (Wildman–Crippen LogP) is 3.09. The van der Waals surface area contributed by atoms with E-state index in [1.165, 1.54) is 52.0 Å². The van der Waals surface area contributed by atoms with Gasteiger partial charge in [0.15, 0.2) is 0 Å². The number of hydrogen-bond acceptors (Lipinski definition) is 7. The molecule has 1 aromatic heterocycles. The van der Waals surface area contributed by atoms with Crippen LogP contribution in [0.5, 0.6) is 0 Å². The number of carbonyl (C=O) groups is 1. The molecule has 0 saturated carbocycles. The van der Waals surface area contributed by atoms with E-state index in [4.69, 9.17) is 11.6 Å². The van der Waals surface area contributed by atoms with Crippen LogP contribution in [0.3, 0.4) is 0 Å². The first-order valence-electron chi connectivity index (χ1n) is 9.69. The predicted molar refractivity (Wildman–Crippen MR) is 120 cm³/mol. The largest absolute Gasteiger partial charge is 0.320 e. The highest BCUT2D eigenvalue weighted by Gasteiger charge is 2.29. The summed E-state index contributed by atoms with van der Waals surface area (Å²) in [4.78, 5) is 14.6. The van der Waals surface area contributed by atoms with Crippen LogP contribution in [-0.2, 0) is 16.6 Å². The van der Waals surface area contributed by atoms with Gasteiger partial charge in [0.2, 0.25) is 15.0 Å². The van der Waals surface area contributed by atoms with E-state index in [0.29, 0.717) is 48.4 Å². The fourth-order valence-electron chi connectivity index (χ4n) is 3.22. The maximum atomic E-state index is 13.0. The van der Waals surface area contributed by atoms with E-state index in [9.17, 15) is 17.6 Å². The number of sulfonamides is 1. The molecule has 1 saturated heterocycles. The first kappa shape index (κ1) is 22.7. The van der Waals surface area contributed by atoms with E-state index in [-0.39, 0.29) is 15.7 Å². The lowest BCUT2D eigenvalue weighted by molar-refractivity contribution is 0.102. The molecule has 32 heavy (non-hydrogen) atoms. The van der Waals surface area contributed by atoms with Gasteiger partial charge in [0, 0.05) is 36.9 Å². The van der Waals surface area contributed by atoms with Crippen molar-refractivity contribution in [3.8, 4) is 0 Å². The summed E-state index contributed by atoms with van der Waals surface area (Å²) in [6, 6.07) is 11.7. The van der Waals surface area contributed by atoms with Crippen molar-refractivity contribution in [1.82, 2.24) is 19.4 Å². The molecule has 1 amide bonds. The van der Waals surface area contributed by atoms with Crippen LogP contribution in [0.25, 0.3) is 0 Å². The van der Waals surface area contributed by atoms with Gasteiger partial charge in [0.1, 0.15) is 10.8 Å². The molecule has 168 valence electrons. The monoisotopic (exact) mass is 495 g/mol. The van der Waals surface area contributed by atoms with Crippen LogP contribution < -0.4 is 5.32 Å². The third kappa shape index (κ3) is 5.30. The van der Waals surface area contributed by atoms with Gasteiger partial charge >= 0.3 is 0 Å². The maximum Gasteiger partial charge on any atom is 0.286 e. The number of nitrogens with zero attached hydrogens (tertiary/aromatic N) is 4. The second-order valence-electron chi connectivity index (χ2n) is 7.10. The Hall–Kier alpha value is -2.44. The van der Waals surface area contributed by atoms with Gasteiger partial charge < -0.3 is 5.32 Å². The lowest BCUT2D eigenvalue weighted by Gasteiger charge is -2.33. The van der Waals surface area contributed by atoms with Gasteiger partial charge in [-0.05, 0) is 42.5 Å². The van der Waals surface area contributed by atoms with E-state index >= 15 is 0 Å². The Bertz CT molecular complexity index is 1210. The van der Waals surface area contributed by atoms with Crippen molar-refractivity contribution < 1.29 is 17.6 Å². The minimum atomic E-state index is -3.60. The van der Waals surface area contributed by atoms with Gasteiger partial charge in [-0.1, -0.05) is 29.0 Å². The summed E-state index contributed by atoms with van der Waals surface area (Å²) in [6.45, 7) is 2.19. The van der Waals surface area contributed by atoms with Gasteiger partial charge in [-0.2, -0.15) is 4.31 Å². The summed E-state index contributed by atoms with van der Waals surface area (Å²) in [5.41, 5.74) is 0.463. The highest BCUT2D eigenvalue weighted by atomic mass is 35.5. The maximum absolute atomic E-state index is 13.0. The van der Waals surface area contributed by atoms with Gasteiger partial charge in [-0.3, -0.25) is 9.69 Å². The van der Waals surface area contributed by atoms with Gasteiger partial charge in [-0.25, -0.2) is 12.8 Å². The Morgan fingerprint density at radius 3 is 2.50 bits per heavy atom. The van der Waals surface area contributed by atoms with E-state index in [2.05, 4.69) is 20.4 Å². The zero-order valence-corrected chi connectivity index (χ0v) is 19.1. The summed E-state index contributed by atoms with van der Waals surface area (Å²) in [6.07, 6.45) is 0. The molecular formula is C20H19ClFN5O3S2. The Morgan fingerprint density at radius 1 is 1.09 bits per heavy atom. The molecule has 4 rings (SSSR count). The number of piperazine rings is 1. The van der Waals surface area contributed by atoms with Gasteiger partial charge in [-0.15, -0.1) is 10.2 Å². The van der Waals surface area contributed by atoms with Crippen LogP contribution in [0.1, 0.15) is 14.8 Å². The normalized spacial score (nSPS) is 15.6. The lowest BCUT2D eigenvalue weighted by Crippen LogP contribution is -2.48. The quantitative estimate of drug-likeness (QED) is 0.564. The fourth-order valence-corrected chi connectivity index (χ4v) is 5.72. The van der Waals surface area contributed by atoms with E-state index in [1.807, 2.05) is 0 Å². The number of amides is 1. The molecule has 1 aliphatic heterocycles. The van der Waals surface area contributed by atoms with Crippen LogP contribution >= 0.6 is 22.9 Å². The SMILES string of the molecule is O=C(Nc1ccc(F)cc1)c1nnc(CN2CCN(S(=O)(=O)c3cccc(Cl)c3)CC2)s1. The summed E-state index contributed by atoms with van der Waals surface area (Å²) in [7, 11) is -3.60. The van der Waals surface area contributed by atoms with E-state index in [1.54, 1.807) is 12.1 Å². The average Bonchev–Trinajstić information content (AvgIpc) is 3.24. The molecule has 1 fully saturated rings. The number of halogens is 2. The van der Waals surface area contributed by atoms with Crippen LogP contribution in [-0.4, -0.2) is 59.9 Å². The minimum Gasteiger partial charge on any atom is -0.320 e. The summed E-state index contributed by atoms with van der Waals surface area (Å²) >= 11 is 7.10. The minimum absolute atomic E-state index is 0.180. The zero-order chi connectivity index (χ0) is 22.7. The number of anilines is 1.